The summed E-state index contributed by atoms with van der Waals surface area (Å²) in [6.45, 7) is 6.41. The molecule has 0 N–H and O–H groups in total. The van der Waals surface area contributed by atoms with Gasteiger partial charge in [0.15, 0.2) is 0 Å². The summed E-state index contributed by atoms with van der Waals surface area (Å²) in [7, 11) is 1.70. The van der Waals surface area contributed by atoms with E-state index in [1.54, 1.807) is 7.11 Å². The Morgan fingerprint density at radius 1 is 1.21 bits per heavy atom. The molecule has 3 heteroatoms. The molecule has 0 aliphatic heterocycles. The van der Waals surface area contributed by atoms with Gasteiger partial charge in [0.25, 0.3) is 0 Å². The van der Waals surface area contributed by atoms with Crippen molar-refractivity contribution in [3.05, 3.63) is 41.2 Å². The molecule has 0 aliphatic carbocycles. The summed E-state index contributed by atoms with van der Waals surface area (Å²) < 4.78 is 7.36. The summed E-state index contributed by atoms with van der Waals surface area (Å²) in [6, 6.07) is 6.19. The molecule has 0 unspecified atom stereocenters. The first-order valence-electron chi connectivity index (χ1n) is 6.86. The monoisotopic (exact) mass is 258 g/mol. The zero-order chi connectivity index (χ0) is 13.8. The number of ether oxygens (including phenoxy) is 1. The summed E-state index contributed by atoms with van der Waals surface area (Å²) in [5.41, 5.74) is 4.82. The van der Waals surface area contributed by atoms with E-state index in [9.17, 15) is 0 Å². The number of unbranched alkanes of at least 4 members (excludes halogenated alkanes) is 1. The minimum absolute atomic E-state index is 0.919. The van der Waals surface area contributed by atoms with E-state index in [1.165, 1.54) is 24.1 Å². The number of methoxy groups -OCH3 is 1. The Morgan fingerprint density at radius 2 is 2.00 bits per heavy atom. The van der Waals surface area contributed by atoms with Crippen LogP contribution in [0.2, 0.25) is 0 Å². The van der Waals surface area contributed by atoms with Crippen molar-refractivity contribution in [1.29, 1.82) is 0 Å². The SMILES string of the molecule is CCCCc1c(C)cnn1-c1ccc(OC)c(C)c1. The second-order valence-corrected chi connectivity index (χ2v) is 4.94. The molecule has 102 valence electrons. The number of aryl methyl sites for hydroxylation is 2. The van der Waals surface area contributed by atoms with Crippen molar-refractivity contribution >= 4 is 0 Å². The van der Waals surface area contributed by atoms with Gasteiger partial charge in [-0.2, -0.15) is 5.10 Å². The first-order chi connectivity index (χ1) is 9.17. The maximum absolute atomic E-state index is 5.31. The van der Waals surface area contributed by atoms with E-state index in [0.717, 1.165) is 23.4 Å². The van der Waals surface area contributed by atoms with Gasteiger partial charge in [-0.05, 0) is 56.0 Å². The smallest absolute Gasteiger partial charge is 0.121 e. The fraction of sp³-hybridized carbons (Fsp3) is 0.438. The van der Waals surface area contributed by atoms with Crippen LogP contribution < -0.4 is 4.74 Å². The normalized spacial score (nSPS) is 10.7. The molecule has 0 saturated heterocycles. The number of hydrogen-bond donors (Lipinski definition) is 0. The fourth-order valence-corrected chi connectivity index (χ4v) is 2.32. The van der Waals surface area contributed by atoms with Gasteiger partial charge in [0.2, 0.25) is 0 Å². The summed E-state index contributed by atoms with van der Waals surface area (Å²) in [4.78, 5) is 0. The zero-order valence-corrected chi connectivity index (χ0v) is 12.2. The van der Waals surface area contributed by atoms with Crippen LogP contribution in [0, 0.1) is 13.8 Å². The van der Waals surface area contributed by atoms with Crippen LogP contribution in [0.25, 0.3) is 5.69 Å². The van der Waals surface area contributed by atoms with Crippen LogP contribution in [0.4, 0.5) is 0 Å². The molecular weight excluding hydrogens is 236 g/mol. The largest absolute Gasteiger partial charge is 0.496 e. The van der Waals surface area contributed by atoms with Gasteiger partial charge < -0.3 is 4.74 Å². The Hall–Kier alpha value is -1.77. The van der Waals surface area contributed by atoms with Crippen molar-refractivity contribution in [2.45, 2.75) is 40.0 Å². The number of aromatic nitrogens is 2. The van der Waals surface area contributed by atoms with E-state index in [0.29, 0.717) is 0 Å². The lowest BCUT2D eigenvalue weighted by Gasteiger charge is -2.11. The fourth-order valence-electron chi connectivity index (χ4n) is 2.32. The Kier molecular flexibility index (Phi) is 4.25. The Balaban J connectivity index is 2.38. The summed E-state index contributed by atoms with van der Waals surface area (Å²) in [6.07, 6.45) is 5.42. The average molecular weight is 258 g/mol. The minimum Gasteiger partial charge on any atom is -0.496 e. The summed E-state index contributed by atoms with van der Waals surface area (Å²) >= 11 is 0. The first-order valence-corrected chi connectivity index (χ1v) is 6.86. The number of nitrogens with zero attached hydrogens (tertiary/aromatic N) is 2. The van der Waals surface area contributed by atoms with Crippen molar-refractivity contribution < 1.29 is 4.74 Å². The van der Waals surface area contributed by atoms with Crippen LogP contribution in [0.5, 0.6) is 5.75 Å². The quantitative estimate of drug-likeness (QED) is 0.814. The van der Waals surface area contributed by atoms with Crippen LogP contribution >= 0.6 is 0 Å². The van der Waals surface area contributed by atoms with E-state index in [2.05, 4.69) is 42.7 Å². The lowest BCUT2D eigenvalue weighted by Crippen LogP contribution is -2.04. The van der Waals surface area contributed by atoms with Crippen molar-refractivity contribution in [1.82, 2.24) is 9.78 Å². The predicted octanol–water partition coefficient (Wildman–Crippen LogP) is 3.84. The van der Waals surface area contributed by atoms with Crippen LogP contribution in [-0.2, 0) is 6.42 Å². The Labute approximate surface area is 115 Å². The summed E-state index contributed by atoms with van der Waals surface area (Å²) in [5.74, 6) is 0.919. The van der Waals surface area contributed by atoms with E-state index < -0.39 is 0 Å². The van der Waals surface area contributed by atoms with Crippen LogP contribution in [0.1, 0.15) is 36.6 Å². The highest BCUT2D eigenvalue weighted by molar-refractivity contribution is 5.44. The van der Waals surface area contributed by atoms with Gasteiger partial charge in [-0.3, -0.25) is 0 Å². The molecule has 2 rings (SSSR count). The molecule has 1 heterocycles. The molecule has 0 atom stereocenters. The van der Waals surface area contributed by atoms with Crippen LogP contribution in [0.15, 0.2) is 24.4 Å². The number of hydrogen-bond acceptors (Lipinski definition) is 2. The number of benzene rings is 1. The van der Waals surface area contributed by atoms with Gasteiger partial charge in [0.1, 0.15) is 5.75 Å². The molecule has 0 radical (unpaired) electrons. The highest BCUT2D eigenvalue weighted by Gasteiger charge is 2.10. The molecule has 1 aromatic heterocycles. The van der Waals surface area contributed by atoms with Crippen LogP contribution in [0.3, 0.4) is 0 Å². The summed E-state index contributed by atoms with van der Waals surface area (Å²) in [5, 5.41) is 4.51. The van der Waals surface area contributed by atoms with E-state index in [1.807, 2.05) is 12.3 Å². The van der Waals surface area contributed by atoms with Crippen molar-refractivity contribution in [2.75, 3.05) is 7.11 Å². The average Bonchev–Trinajstić information content (AvgIpc) is 2.77. The standard InChI is InChI=1S/C16H22N2O/c1-5-6-7-15-13(3)11-17-18(15)14-8-9-16(19-4)12(2)10-14/h8-11H,5-7H2,1-4H3. The van der Waals surface area contributed by atoms with Gasteiger partial charge in [-0.15, -0.1) is 0 Å². The number of rotatable bonds is 5. The molecule has 19 heavy (non-hydrogen) atoms. The third-order valence-corrected chi connectivity index (χ3v) is 3.47. The molecule has 1 aromatic carbocycles. The van der Waals surface area contributed by atoms with Crippen LogP contribution in [-0.4, -0.2) is 16.9 Å². The molecule has 0 aliphatic rings. The lowest BCUT2D eigenvalue weighted by atomic mass is 10.1. The van der Waals surface area contributed by atoms with E-state index >= 15 is 0 Å². The maximum Gasteiger partial charge on any atom is 0.121 e. The lowest BCUT2D eigenvalue weighted by molar-refractivity contribution is 0.411. The second kappa shape index (κ2) is 5.91. The molecular formula is C16H22N2O. The highest BCUT2D eigenvalue weighted by Crippen LogP contribution is 2.23. The van der Waals surface area contributed by atoms with E-state index in [-0.39, 0.29) is 0 Å². The molecule has 0 amide bonds. The molecule has 0 spiro atoms. The minimum atomic E-state index is 0.919. The highest BCUT2D eigenvalue weighted by atomic mass is 16.5. The van der Waals surface area contributed by atoms with Gasteiger partial charge in [-0.25, -0.2) is 4.68 Å². The van der Waals surface area contributed by atoms with Crippen molar-refractivity contribution in [2.24, 2.45) is 0 Å². The van der Waals surface area contributed by atoms with Crippen molar-refractivity contribution in [3.8, 4) is 11.4 Å². The van der Waals surface area contributed by atoms with Gasteiger partial charge in [0, 0.05) is 5.69 Å². The van der Waals surface area contributed by atoms with Crippen molar-refractivity contribution in [3.63, 3.8) is 0 Å². The molecule has 2 aromatic rings. The second-order valence-electron chi connectivity index (χ2n) is 4.94. The maximum atomic E-state index is 5.31. The van der Waals surface area contributed by atoms with E-state index in [4.69, 9.17) is 4.74 Å². The zero-order valence-electron chi connectivity index (χ0n) is 12.2. The van der Waals surface area contributed by atoms with Gasteiger partial charge in [0.05, 0.1) is 19.0 Å². The molecule has 0 bridgehead atoms. The Bertz CT molecular complexity index is 558. The molecule has 3 nitrogen and oxygen atoms in total. The molecule has 0 saturated carbocycles. The van der Waals surface area contributed by atoms with Gasteiger partial charge in [-0.1, -0.05) is 13.3 Å². The predicted molar refractivity (Wildman–Crippen MR) is 78.2 cm³/mol. The first kappa shape index (κ1) is 13.7. The Morgan fingerprint density at radius 3 is 2.63 bits per heavy atom. The third-order valence-electron chi connectivity index (χ3n) is 3.47. The third kappa shape index (κ3) is 2.80. The topological polar surface area (TPSA) is 27.1 Å². The molecule has 0 fully saturated rings. The van der Waals surface area contributed by atoms with Gasteiger partial charge >= 0.3 is 0 Å².